The van der Waals surface area contributed by atoms with Crippen LogP contribution in [-0.4, -0.2) is 22.3 Å². The highest BCUT2D eigenvalue weighted by Crippen LogP contribution is 2.20. The van der Waals surface area contributed by atoms with Gasteiger partial charge in [-0.25, -0.2) is 0 Å². The molecule has 0 spiro atoms. The fraction of sp³-hybridized carbons (Fsp3) is 0.350. The van der Waals surface area contributed by atoms with Gasteiger partial charge in [0, 0.05) is 0 Å². The van der Waals surface area contributed by atoms with Crippen molar-refractivity contribution in [2.24, 2.45) is 5.92 Å². The summed E-state index contributed by atoms with van der Waals surface area (Å²) in [7, 11) is 0. The summed E-state index contributed by atoms with van der Waals surface area (Å²) in [6.45, 7) is 5.53. The molecule has 0 aliphatic carbocycles. The van der Waals surface area contributed by atoms with Crippen LogP contribution in [0, 0.1) is 5.92 Å². The number of carbonyl (C=O) groups is 1. The van der Waals surface area contributed by atoms with Gasteiger partial charge in [0.15, 0.2) is 0 Å². The first kappa shape index (κ1) is 18.9. The van der Waals surface area contributed by atoms with Crippen LogP contribution in [0.25, 0.3) is 11.1 Å². The molecule has 0 amide bonds. The van der Waals surface area contributed by atoms with Crippen molar-refractivity contribution in [2.45, 2.75) is 39.7 Å². The maximum absolute atomic E-state index is 10.8. The van der Waals surface area contributed by atoms with Gasteiger partial charge in [0.05, 0.1) is 12.0 Å². The van der Waals surface area contributed by atoms with Gasteiger partial charge in [0.2, 0.25) is 0 Å². The van der Waals surface area contributed by atoms with E-state index in [0.29, 0.717) is 12.8 Å². The minimum Gasteiger partial charge on any atom is -0.481 e. The Morgan fingerprint density at radius 1 is 0.957 bits per heavy atom. The molecule has 2 N–H and O–H groups in total. The zero-order chi connectivity index (χ0) is 17.2. The molecule has 2 atom stereocenters. The molecule has 0 aliphatic heterocycles. The van der Waals surface area contributed by atoms with Gasteiger partial charge >= 0.3 is 5.97 Å². The van der Waals surface area contributed by atoms with E-state index >= 15 is 0 Å². The number of carboxylic acid groups (broad SMARTS) is 1. The minimum absolute atomic E-state index is 0.456. The van der Waals surface area contributed by atoms with E-state index in [1.165, 1.54) is 12.5 Å². The number of hydrogen-bond donors (Lipinski definition) is 2. The van der Waals surface area contributed by atoms with Crippen LogP contribution in [0.3, 0.4) is 0 Å². The molecule has 3 heteroatoms. The van der Waals surface area contributed by atoms with E-state index in [4.69, 9.17) is 5.11 Å². The van der Waals surface area contributed by atoms with Crippen molar-refractivity contribution >= 4 is 5.97 Å². The van der Waals surface area contributed by atoms with E-state index in [9.17, 15) is 9.90 Å². The Balaban J connectivity index is 0.00000127. The van der Waals surface area contributed by atoms with Crippen molar-refractivity contribution in [1.29, 1.82) is 0 Å². The normalized spacial score (nSPS) is 12.7. The van der Waals surface area contributed by atoms with Gasteiger partial charge in [0.25, 0.3) is 0 Å². The third-order valence-corrected chi connectivity index (χ3v) is 3.76. The molecular weight excluding hydrogens is 288 g/mol. The van der Waals surface area contributed by atoms with E-state index in [1.807, 2.05) is 44.2 Å². The van der Waals surface area contributed by atoms with Crippen LogP contribution in [0.5, 0.6) is 0 Å². The summed E-state index contributed by atoms with van der Waals surface area (Å²) in [5.74, 6) is -1.68. The molecule has 0 saturated carbocycles. The number of hydrogen-bond acceptors (Lipinski definition) is 2. The lowest BCUT2D eigenvalue weighted by atomic mass is 9.97. The summed E-state index contributed by atoms with van der Waals surface area (Å²) in [5.41, 5.74) is 3.42. The molecule has 3 nitrogen and oxygen atoms in total. The zero-order valence-corrected chi connectivity index (χ0v) is 14.1. The Bertz CT molecular complexity index is 576. The molecule has 2 rings (SSSR count). The van der Waals surface area contributed by atoms with Crippen LogP contribution in [-0.2, 0) is 11.2 Å². The Kier molecular flexibility index (Phi) is 8.06. The van der Waals surface area contributed by atoms with Gasteiger partial charge in [-0.2, -0.15) is 0 Å². The fourth-order valence-corrected chi connectivity index (χ4v) is 2.22. The zero-order valence-electron chi connectivity index (χ0n) is 14.1. The van der Waals surface area contributed by atoms with Gasteiger partial charge in [-0.05, 0) is 36.5 Å². The first-order valence-electron chi connectivity index (χ1n) is 8.13. The minimum atomic E-state index is -0.957. The van der Waals surface area contributed by atoms with Crippen LogP contribution in [0.2, 0.25) is 0 Å². The molecule has 0 bridgehead atoms. The lowest BCUT2D eigenvalue weighted by Crippen LogP contribution is -2.25. The smallest absolute Gasteiger partial charge is 0.308 e. The summed E-state index contributed by atoms with van der Waals surface area (Å²) in [6.07, 6.45) is 0.322. The largest absolute Gasteiger partial charge is 0.481 e. The van der Waals surface area contributed by atoms with Gasteiger partial charge in [-0.1, -0.05) is 68.4 Å². The molecule has 0 radical (unpaired) electrons. The van der Waals surface area contributed by atoms with E-state index in [2.05, 4.69) is 24.3 Å². The van der Waals surface area contributed by atoms with Crippen LogP contribution >= 0.6 is 0 Å². The molecule has 0 saturated heterocycles. The van der Waals surface area contributed by atoms with E-state index in [0.717, 1.165) is 11.1 Å². The van der Waals surface area contributed by atoms with Crippen LogP contribution in [0.4, 0.5) is 0 Å². The summed E-state index contributed by atoms with van der Waals surface area (Å²) < 4.78 is 0. The van der Waals surface area contributed by atoms with Crippen LogP contribution in [0.1, 0.15) is 32.8 Å². The second kappa shape index (κ2) is 9.80. The van der Waals surface area contributed by atoms with Crippen molar-refractivity contribution < 1.29 is 15.0 Å². The van der Waals surface area contributed by atoms with E-state index in [-0.39, 0.29) is 0 Å². The maximum atomic E-state index is 10.8. The Labute approximate surface area is 138 Å². The molecule has 2 aromatic rings. The first-order valence-corrected chi connectivity index (χ1v) is 8.13. The van der Waals surface area contributed by atoms with Crippen molar-refractivity contribution in [3.63, 3.8) is 0 Å². The van der Waals surface area contributed by atoms with Crippen molar-refractivity contribution in [1.82, 2.24) is 0 Å². The molecule has 23 heavy (non-hydrogen) atoms. The van der Waals surface area contributed by atoms with Crippen molar-refractivity contribution in [3.05, 3.63) is 60.2 Å². The lowest BCUT2D eigenvalue weighted by Gasteiger charge is -2.14. The fourth-order valence-electron chi connectivity index (χ4n) is 2.22. The topological polar surface area (TPSA) is 57.5 Å². The lowest BCUT2D eigenvalue weighted by molar-refractivity contribution is -0.144. The predicted molar refractivity (Wildman–Crippen MR) is 94.4 cm³/mol. The van der Waals surface area contributed by atoms with Crippen LogP contribution < -0.4 is 0 Å². The quantitative estimate of drug-likeness (QED) is 0.831. The molecule has 0 aromatic heterocycles. The van der Waals surface area contributed by atoms with Gasteiger partial charge < -0.3 is 10.2 Å². The Morgan fingerprint density at radius 3 is 2.00 bits per heavy atom. The van der Waals surface area contributed by atoms with E-state index < -0.39 is 18.0 Å². The van der Waals surface area contributed by atoms with Crippen molar-refractivity contribution in [2.75, 3.05) is 0 Å². The molecule has 124 valence electrons. The number of aliphatic hydroxyl groups excluding tert-OH is 1. The number of benzene rings is 2. The maximum Gasteiger partial charge on any atom is 0.308 e. The molecule has 2 unspecified atom stereocenters. The summed E-state index contributed by atoms with van der Waals surface area (Å²) in [4.78, 5) is 10.8. The highest BCUT2D eigenvalue weighted by atomic mass is 16.4. The summed E-state index contributed by atoms with van der Waals surface area (Å²) in [5, 5.41) is 18.7. The molecule has 0 aliphatic rings. The second-order valence-corrected chi connectivity index (χ2v) is 5.30. The number of aryl methyl sites for hydroxylation is 1. The SMILES string of the molecule is CC.CC(C(=O)O)C(O)CCc1ccc(-c2ccccc2)cc1. The number of aliphatic carboxylic acids is 1. The number of rotatable bonds is 6. The molecule has 2 aromatic carbocycles. The highest BCUT2D eigenvalue weighted by Gasteiger charge is 2.20. The van der Waals surface area contributed by atoms with Gasteiger partial charge in [-0.3, -0.25) is 4.79 Å². The standard InChI is InChI=1S/C18H20O3.C2H6/c1-13(18(20)21)17(19)12-9-14-7-10-16(11-8-14)15-5-3-2-4-6-15;1-2/h2-8,10-11,13,17,19H,9,12H2,1H3,(H,20,21);1-2H3. The third-order valence-electron chi connectivity index (χ3n) is 3.76. The Hall–Kier alpha value is -2.13. The Morgan fingerprint density at radius 2 is 1.48 bits per heavy atom. The average Bonchev–Trinajstić information content (AvgIpc) is 2.61. The third kappa shape index (κ3) is 5.87. The first-order chi connectivity index (χ1) is 11.1. The second-order valence-electron chi connectivity index (χ2n) is 5.30. The summed E-state index contributed by atoms with van der Waals surface area (Å²) in [6, 6.07) is 18.3. The number of carboxylic acids is 1. The van der Waals surface area contributed by atoms with Gasteiger partial charge in [0.1, 0.15) is 0 Å². The highest BCUT2D eigenvalue weighted by molar-refractivity contribution is 5.70. The predicted octanol–water partition coefficient (Wildman–Crippen LogP) is 4.39. The molecule has 0 heterocycles. The van der Waals surface area contributed by atoms with Gasteiger partial charge in [-0.15, -0.1) is 0 Å². The monoisotopic (exact) mass is 314 g/mol. The number of aliphatic hydroxyl groups is 1. The molecule has 0 fully saturated rings. The van der Waals surface area contributed by atoms with E-state index in [1.54, 1.807) is 0 Å². The average molecular weight is 314 g/mol. The van der Waals surface area contributed by atoms with Crippen molar-refractivity contribution in [3.8, 4) is 11.1 Å². The van der Waals surface area contributed by atoms with Crippen LogP contribution in [0.15, 0.2) is 54.6 Å². The summed E-state index contributed by atoms with van der Waals surface area (Å²) >= 11 is 0. The molecular formula is C20H26O3.